The van der Waals surface area contributed by atoms with Gasteiger partial charge in [0.25, 0.3) is 0 Å². The topological polar surface area (TPSA) is 80.1 Å². The molecule has 0 amide bonds. The lowest BCUT2D eigenvalue weighted by Gasteiger charge is -2.29. The van der Waals surface area contributed by atoms with Gasteiger partial charge in [-0.25, -0.2) is 9.98 Å². The van der Waals surface area contributed by atoms with Crippen LogP contribution < -0.4 is 18.9 Å². The molecule has 7 aliphatic rings. The number of aryl methyl sites for hydroxylation is 4. The van der Waals surface area contributed by atoms with Crippen molar-refractivity contribution >= 4 is 11.8 Å². The fourth-order valence-electron chi connectivity index (χ4n) is 9.23. The average molecular weight is 843 g/mol. The second kappa shape index (κ2) is 20.5. The normalized spacial score (nSPS) is 21.0. The summed E-state index contributed by atoms with van der Waals surface area (Å²) < 4.78 is 37.8. The highest BCUT2D eigenvalue weighted by Crippen LogP contribution is 2.40. The van der Waals surface area contributed by atoms with Crippen molar-refractivity contribution in [2.75, 3.05) is 39.6 Å². The highest BCUT2D eigenvalue weighted by Gasteiger charge is 2.46. The van der Waals surface area contributed by atoms with Gasteiger partial charge in [0.1, 0.15) is 41.6 Å². The molecule has 0 aliphatic carbocycles. The quantitative estimate of drug-likeness (QED) is 0.200. The molecule has 62 heavy (non-hydrogen) atoms. The minimum absolute atomic E-state index is 0.0537. The Hall–Kier alpha value is -4.98. The number of hydrogen-bond donors (Lipinski definition) is 0. The Morgan fingerprint density at radius 2 is 0.839 bits per heavy atom. The SMILES string of the molecule is CCC1(CC)C2=N[C@H](CO2)Cc2ccc(cc2)OCCCCCOc2c(C)cc(cc2C)C(C)(C)c2cc(C)c(c(C)c2)OCCCCCOc2ccc(cc2)C[C@H]2COC1=N2. The molecule has 7 aliphatic heterocycles. The van der Waals surface area contributed by atoms with Crippen LogP contribution in [0.1, 0.15) is 124 Å². The van der Waals surface area contributed by atoms with Gasteiger partial charge < -0.3 is 28.4 Å². The van der Waals surface area contributed by atoms with E-state index in [4.69, 9.17) is 38.4 Å². The number of nitrogens with zero attached hydrogens (tertiary/aromatic N) is 2. The van der Waals surface area contributed by atoms with Gasteiger partial charge in [0.05, 0.1) is 38.5 Å². The van der Waals surface area contributed by atoms with Crippen LogP contribution in [0.15, 0.2) is 82.8 Å². The summed E-state index contributed by atoms with van der Waals surface area (Å²) in [6.45, 7) is 21.5. The summed E-state index contributed by atoms with van der Waals surface area (Å²) in [6, 6.07) is 26.2. The van der Waals surface area contributed by atoms with Gasteiger partial charge in [0.2, 0.25) is 0 Å². The summed E-state index contributed by atoms with van der Waals surface area (Å²) in [6.07, 6.45) is 9.25. The minimum Gasteiger partial charge on any atom is -0.494 e. The highest BCUT2D eigenvalue weighted by atomic mass is 16.5. The number of fused-ring (bicyclic) bond motifs is 4. The minimum atomic E-state index is -0.450. The lowest BCUT2D eigenvalue weighted by Crippen LogP contribution is -2.39. The van der Waals surface area contributed by atoms with Crippen molar-refractivity contribution < 1.29 is 28.4 Å². The highest BCUT2D eigenvalue weighted by molar-refractivity contribution is 6.06. The third-order valence-corrected chi connectivity index (χ3v) is 13.2. The van der Waals surface area contributed by atoms with Crippen LogP contribution in [-0.4, -0.2) is 63.5 Å². The van der Waals surface area contributed by atoms with Crippen LogP contribution >= 0.6 is 0 Å². The van der Waals surface area contributed by atoms with Crippen molar-refractivity contribution in [2.24, 2.45) is 15.4 Å². The van der Waals surface area contributed by atoms with E-state index in [1.54, 1.807) is 0 Å². The van der Waals surface area contributed by atoms with Gasteiger partial charge in [0.15, 0.2) is 11.8 Å². The predicted molar refractivity (Wildman–Crippen MR) is 251 cm³/mol. The van der Waals surface area contributed by atoms with Crippen LogP contribution in [0.5, 0.6) is 23.0 Å². The molecule has 4 aromatic carbocycles. The molecule has 0 fully saturated rings. The molecular weight excluding hydrogens is 773 g/mol. The molecule has 2 atom stereocenters. The van der Waals surface area contributed by atoms with Gasteiger partial charge >= 0.3 is 0 Å². The lowest BCUT2D eigenvalue weighted by atomic mass is 9.76. The molecule has 0 radical (unpaired) electrons. The molecule has 0 N–H and O–H groups in total. The number of rotatable bonds is 2. The standard InChI is InChI=1S/C54H70N2O6/c1-9-54(10-2)51-55-45(35-61-51)33-41-17-21-47(22-18-41)57-25-13-11-15-27-59-49-37(3)29-43(30-38(49)4)53(7,8)44-31-39(5)50(40(6)32-44)60-28-16-12-14-26-58-48-23-19-42(20-24-48)34-46-36-62-52(54)56-46/h17-24,29-32,45-46H,9-16,25-28,33-36H2,1-8H3/t45-,46-/m0/s1. The second-order valence-electron chi connectivity index (χ2n) is 18.3. The van der Waals surface area contributed by atoms with Crippen molar-refractivity contribution in [1.82, 2.24) is 0 Å². The first kappa shape index (κ1) is 45.1. The van der Waals surface area contributed by atoms with Crippen molar-refractivity contribution in [2.45, 2.75) is 137 Å². The van der Waals surface area contributed by atoms with E-state index < -0.39 is 5.41 Å². The molecule has 8 heteroatoms. The fraction of sp³-hybridized carbons (Fsp3) is 0.519. The Labute approximate surface area is 371 Å². The Bertz CT molecular complexity index is 1970. The van der Waals surface area contributed by atoms with Crippen LogP contribution in [0.4, 0.5) is 0 Å². The van der Waals surface area contributed by atoms with Gasteiger partial charge in [-0.05, 0) is 161 Å². The molecule has 0 aromatic heterocycles. The van der Waals surface area contributed by atoms with E-state index in [0.717, 1.165) is 99.0 Å². The Morgan fingerprint density at radius 3 is 1.19 bits per heavy atom. The van der Waals surface area contributed by atoms with Crippen molar-refractivity contribution in [1.29, 1.82) is 0 Å². The van der Waals surface area contributed by atoms with Crippen molar-refractivity contribution in [3.8, 4) is 23.0 Å². The maximum atomic E-state index is 6.39. The van der Waals surface area contributed by atoms with Gasteiger partial charge in [-0.3, -0.25) is 0 Å². The summed E-state index contributed by atoms with van der Waals surface area (Å²) >= 11 is 0. The van der Waals surface area contributed by atoms with E-state index in [2.05, 4.69) is 128 Å². The van der Waals surface area contributed by atoms with Gasteiger partial charge in [-0.2, -0.15) is 0 Å². The Morgan fingerprint density at radius 1 is 0.484 bits per heavy atom. The predicted octanol–water partition coefficient (Wildman–Crippen LogP) is 12.0. The van der Waals surface area contributed by atoms with Crippen LogP contribution in [0.2, 0.25) is 0 Å². The molecule has 0 saturated carbocycles. The van der Waals surface area contributed by atoms with Crippen molar-refractivity contribution in [3.05, 3.63) is 117 Å². The van der Waals surface area contributed by atoms with Crippen LogP contribution in [0.3, 0.4) is 0 Å². The van der Waals surface area contributed by atoms with Crippen LogP contribution in [-0.2, 0) is 27.7 Å². The first-order valence-corrected chi connectivity index (χ1v) is 23.3. The summed E-state index contributed by atoms with van der Waals surface area (Å²) in [5.74, 6) is 5.32. The molecule has 0 spiro atoms. The molecule has 0 unspecified atom stereocenters. The molecule has 12 bridgehead atoms. The van der Waals surface area contributed by atoms with Gasteiger partial charge in [-0.1, -0.05) is 76.2 Å². The number of aliphatic imine (C=N–C) groups is 2. The molecule has 7 heterocycles. The first-order valence-electron chi connectivity index (χ1n) is 23.3. The summed E-state index contributed by atoms with van der Waals surface area (Å²) in [5.41, 5.74) is 9.10. The van der Waals surface area contributed by atoms with E-state index in [1.807, 2.05) is 0 Å². The zero-order chi connectivity index (χ0) is 43.7. The summed E-state index contributed by atoms with van der Waals surface area (Å²) in [7, 11) is 0. The summed E-state index contributed by atoms with van der Waals surface area (Å²) in [5, 5.41) is 0. The second-order valence-corrected chi connectivity index (χ2v) is 18.3. The zero-order valence-electron chi connectivity index (χ0n) is 38.7. The Balaban J connectivity index is 1.02. The molecule has 11 rings (SSSR count). The maximum absolute atomic E-state index is 6.39. The van der Waals surface area contributed by atoms with E-state index in [9.17, 15) is 0 Å². The largest absolute Gasteiger partial charge is 0.494 e. The lowest BCUT2D eigenvalue weighted by molar-refractivity contribution is 0.244. The Kier molecular flexibility index (Phi) is 14.9. The zero-order valence-corrected chi connectivity index (χ0v) is 38.7. The van der Waals surface area contributed by atoms with Gasteiger partial charge in [0, 0.05) is 5.41 Å². The van der Waals surface area contributed by atoms with Crippen LogP contribution in [0.25, 0.3) is 0 Å². The summed E-state index contributed by atoms with van der Waals surface area (Å²) in [4.78, 5) is 10.3. The molecule has 332 valence electrons. The first-order chi connectivity index (χ1) is 30.0. The molecule has 4 aromatic rings. The maximum Gasteiger partial charge on any atom is 0.199 e. The molecule has 0 saturated heterocycles. The van der Waals surface area contributed by atoms with E-state index >= 15 is 0 Å². The smallest absolute Gasteiger partial charge is 0.199 e. The number of benzene rings is 4. The van der Waals surface area contributed by atoms with Crippen molar-refractivity contribution in [3.63, 3.8) is 0 Å². The average Bonchev–Trinajstić information content (AvgIpc) is 3.94. The van der Waals surface area contributed by atoms with Gasteiger partial charge in [-0.15, -0.1) is 0 Å². The van der Waals surface area contributed by atoms with E-state index in [0.29, 0.717) is 39.6 Å². The molecule has 8 nitrogen and oxygen atoms in total. The number of ether oxygens (including phenoxy) is 6. The third-order valence-electron chi connectivity index (χ3n) is 13.2. The fourth-order valence-corrected chi connectivity index (χ4v) is 9.23. The monoisotopic (exact) mass is 843 g/mol. The van der Waals surface area contributed by atoms with E-state index in [-0.39, 0.29) is 17.5 Å². The number of hydrogen-bond acceptors (Lipinski definition) is 8. The van der Waals surface area contributed by atoms with E-state index in [1.165, 1.54) is 44.5 Å². The van der Waals surface area contributed by atoms with Crippen LogP contribution in [0, 0.1) is 33.1 Å². The third kappa shape index (κ3) is 10.6. The molecular formula is C54H70N2O6.